The van der Waals surface area contributed by atoms with Crippen molar-refractivity contribution in [1.29, 1.82) is 0 Å². The quantitative estimate of drug-likeness (QED) is 0.0959. The van der Waals surface area contributed by atoms with Crippen LogP contribution in [0.1, 0.15) is 38.8 Å². The molecule has 0 saturated carbocycles. The number of hydrogen-bond donors (Lipinski definition) is 4. The second kappa shape index (κ2) is 14.1. The summed E-state index contributed by atoms with van der Waals surface area (Å²) in [5.74, 6) is -2.90. The highest BCUT2D eigenvalue weighted by molar-refractivity contribution is 6.59. The molecule has 0 fully saturated rings. The van der Waals surface area contributed by atoms with Gasteiger partial charge >= 0.3 is 5.97 Å². The number of methoxy groups -OCH3 is 1. The lowest BCUT2D eigenvalue weighted by atomic mass is 9.89. The summed E-state index contributed by atoms with van der Waals surface area (Å²) in [6.45, 7) is 1.38. The van der Waals surface area contributed by atoms with E-state index in [2.05, 4.69) is 26.5 Å². The average molecular weight is 671 g/mol. The molecule has 0 unspecified atom stereocenters. The van der Waals surface area contributed by atoms with Gasteiger partial charge in [-0.2, -0.15) is 5.10 Å². The molecule has 1 aliphatic rings. The maximum absolute atomic E-state index is 13.7. The van der Waals surface area contributed by atoms with Crippen LogP contribution >= 0.6 is 23.2 Å². The molecule has 4 N–H and O–H groups in total. The summed E-state index contributed by atoms with van der Waals surface area (Å²) in [7, 11) is 1.20. The standard InChI is InChI=1S/C34H25Cl2N5O6/c1-18(42)37-21-11-13-22(14-12-21)38-33(45)25-16-19-6-3-4-7-23(19)30(31(25)43)41-40-28-17-20(10-15-24(28)34(46)47-2)32(44)39-27-9-5-8-26(35)29(27)36/h3-17,40H,1-2H3,(H,37,42)(H,38,45)(H,39,44). The Morgan fingerprint density at radius 1 is 0.766 bits per heavy atom. The molecule has 4 aromatic rings. The van der Waals surface area contributed by atoms with E-state index >= 15 is 0 Å². The van der Waals surface area contributed by atoms with E-state index in [9.17, 15) is 24.0 Å². The number of carbonyl (C=O) groups excluding carboxylic acids is 5. The first-order valence-corrected chi connectivity index (χ1v) is 14.7. The minimum Gasteiger partial charge on any atom is -0.465 e. The van der Waals surface area contributed by atoms with Gasteiger partial charge in [0.25, 0.3) is 11.8 Å². The monoisotopic (exact) mass is 669 g/mol. The van der Waals surface area contributed by atoms with Crippen LogP contribution in [-0.2, 0) is 19.1 Å². The molecule has 5 rings (SSSR count). The molecule has 0 spiro atoms. The number of esters is 1. The second-order valence-electron chi connectivity index (χ2n) is 10.1. The molecule has 47 heavy (non-hydrogen) atoms. The van der Waals surface area contributed by atoms with Crippen LogP contribution in [-0.4, -0.2) is 42.3 Å². The van der Waals surface area contributed by atoms with E-state index < -0.39 is 23.6 Å². The van der Waals surface area contributed by atoms with Crippen LogP contribution in [0, 0.1) is 0 Å². The number of halogens is 2. The number of Topliss-reactive ketones (excluding diaryl/α,β-unsaturated/α-hetero) is 1. The van der Waals surface area contributed by atoms with Gasteiger partial charge in [0.05, 0.1) is 39.7 Å². The summed E-state index contributed by atoms with van der Waals surface area (Å²) in [6.07, 6.45) is 1.46. The maximum Gasteiger partial charge on any atom is 0.340 e. The van der Waals surface area contributed by atoms with Crippen molar-refractivity contribution in [1.82, 2.24) is 0 Å². The molecule has 1 aliphatic carbocycles. The van der Waals surface area contributed by atoms with Crippen molar-refractivity contribution in [2.75, 3.05) is 28.5 Å². The van der Waals surface area contributed by atoms with Crippen molar-refractivity contribution >= 4 is 87.2 Å². The third kappa shape index (κ3) is 7.38. The minimum absolute atomic E-state index is 0.0296. The molecule has 13 heteroatoms. The lowest BCUT2D eigenvalue weighted by Crippen LogP contribution is -2.30. The number of nitrogens with zero attached hydrogens (tertiary/aromatic N) is 1. The van der Waals surface area contributed by atoms with Gasteiger partial charge in [-0.3, -0.25) is 24.6 Å². The van der Waals surface area contributed by atoms with Gasteiger partial charge in [-0.1, -0.05) is 53.5 Å². The van der Waals surface area contributed by atoms with Crippen molar-refractivity contribution in [3.8, 4) is 0 Å². The van der Waals surface area contributed by atoms with Gasteiger partial charge in [-0.15, -0.1) is 0 Å². The van der Waals surface area contributed by atoms with Gasteiger partial charge in [0.1, 0.15) is 5.71 Å². The largest absolute Gasteiger partial charge is 0.465 e. The molecule has 3 amide bonds. The zero-order valence-electron chi connectivity index (χ0n) is 24.8. The first-order valence-electron chi connectivity index (χ1n) is 13.9. The van der Waals surface area contributed by atoms with Gasteiger partial charge in [0, 0.05) is 29.4 Å². The number of benzene rings is 4. The molecule has 0 heterocycles. The Bertz CT molecular complexity index is 2010. The molecule has 0 saturated heterocycles. The van der Waals surface area contributed by atoms with Crippen molar-refractivity contribution < 1.29 is 28.7 Å². The summed E-state index contributed by atoms with van der Waals surface area (Å²) < 4.78 is 4.89. The Morgan fingerprint density at radius 3 is 2.17 bits per heavy atom. The maximum atomic E-state index is 13.7. The Kier molecular flexibility index (Phi) is 9.79. The van der Waals surface area contributed by atoms with Crippen LogP contribution < -0.4 is 21.4 Å². The van der Waals surface area contributed by atoms with Crippen molar-refractivity contribution in [2.24, 2.45) is 5.10 Å². The number of ketones is 1. The van der Waals surface area contributed by atoms with Crippen LogP contribution in [0.4, 0.5) is 22.7 Å². The summed E-state index contributed by atoms with van der Waals surface area (Å²) in [5.41, 5.74) is 4.84. The smallest absolute Gasteiger partial charge is 0.340 e. The minimum atomic E-state index is -0.725. The molecule has 0 atom stereocenters. The Labute approximate surface area is 278 Å². The number of hydrazone groups is 1. The SMILES string of the molecule is COC(=O)c1ccc(C(=O)Nc2cccc(Cl)c2Cl)cc1NN=C1C(=O)C(C(=O)Nc2ccc(NC(C)=O)cc2)=Cc2ccccc21. The van der Waals surface area contributed by atoms with E-state index in [0.717, 1.165) is 0 Å². The molecule has 0 radical (unpaired) electrons. The molecule has 0 aromatic heterocycles. The first-order chi connectivity index (χ1) is 22.5. The van der Waals surface area contributed by atoms with E-state index in [1.165, 1.54) is 38.3 Å². The zero-order valence-corrected chi connectivity index (χ0v) is 26.3. The third-order valence-electron chi connectivity index (χ3n) is 6.86. The molecule has 0 bridgehead atoms. The highest BCUT2D eigenvalue weighted by Crippen LogP contribution is 2.30. The number of amides is 3. The predicted octanol–water partition coefficient (Wildman–Crippen LogP) is 6.41. The van der Waals surface area contributed by atoms with Gasteiger partial charge in [-0.25, -0.2) is 4.79 Å². The lowest BCUT2D eigenvalue weighted by molar-refractivity contribution is -0.117. The number of fused-ring (bicyclic) bond motifs is 1. The van der Waals surface area contributed by atoms with E-state index in [1.54, 1.807) is 66.7 Å². The predicted molar refractivity (Wildman–Crippen MR) is 181 cm³/mol. The van der Waals surface area contributed by atoms with Gasteiger partial charge < -0.3 is 20.7 Å². The number of carbonyl (C=O) groups is 5. The summed E-state index contributed by atoms with van der Waals surface area (Å²) in [4.78, 5) is 64.0. The van der Waals surface area contributed by atoms with Crippen LogP contribution in [0.5, 0.6) is 0 Å². The van der Waals surface area contributed by atoms with Crippen molar-refractivity contribution in [2.45, 2.75) is 6.92 Å². The lowest BCUT2D eigenvalue weighted by Gasteiger charge is -2.18. The van der Waals surface area contributed by atoms with Crippen molar-refractivity contribution in [3.05, 3.63) is 123 Å². The summed E-state index contributed by atoms with van der Waals surface area (Å²) in [5, 5.41) is 12.7. The fourth-order valence-electron chi connectivity index (χ4n) is 4.60. The molecule has 4 aromatic carbocycles. The van der Waals surface area contributed by atoms with Crippen LogP contribution in [0.2, 0.25) is 10.0 Å². The Morgan fingerprint density at radius 2 is 1.47 bits per heavy atom. The molecular weight excluding hydrogens is 645 g/mol. The van der Waals surface area contributed by atoms with E-state index in [0.29, 0.717) is 22.5 Å². The summed E-state index contributed by atoms with van der Waals surface area (Å²) >= 11 is 12.3. The third-order valence-corrected chi connectivity index (χ3v) is 7.68. The summed E-state index contributed by atoms with van der Waals surface area (Å²) in [6, 6.07) is 22.1. The Hall–Kier alpha value is -5.78. The van der Waals surface area contributed by atoms with Gasteiger partial charge in [-0.05, 0) is 66.2 Å². The van der Waals surface area contributed by atoms with Crippen LogP contribution in [0.15, 0.2) is 95.6 Å². The Balaban J connectivity index is 1.44. The molecule has 236 valence electrons. The van der Waals surface area contributed by atoms with Crippen molar-refractivity contribution in [3.63, 3.8) is 0 Å². The van der Waals surface area contributed by atoms with Gasteiger partial charge in [0.15, 0.2) is 0 Å². The fraction of sp³-hybridized carbons (Fsp3) is 0.0588. The number of ether oxygens (including phenoxy) is 1. The number of hydrogen-bond acceptors (Lipinski definition) is 8. The normalized spacial score (nSPS) is 12.8. The fourth-order valence-corrected chi connectivity index (χ4v) is 4.95. The topological polar surface area (TPSA) is 155 Å². The second-order valence-corrected chi connectivity index (χ2v) is 10.9. The van der Waals surface area contributed by atoms with E-state index in [-0.39, 0.29) is 49.7 Å². The first kappa shape index (κ1) is 32.6. The number of anilines is 4. The van der Waals surface area contributed by atoms with E-state index in [1.807, 2.05) is 0 Å². The molecular formula is C34H25Cl2N5O6. The zero-order chi connectivity index (χ0) is 33.7. The number of rotatable bonds is 8. The number of nitrogens with one attached hydrogen (secondary N) is 4. The van der Waals surface area contributed by atoms with Gasteiger partial charge in [0.2, 0.25) is 11.7 Å². The highest BCUT2D eigenvalue weighted by atomic mass is 35.5. The average Bonchev–Trinajstić information content (AvgIpc) is 3.06. The highest BCUT2D eigenvalue weighted by Gasteiger charge is 2.30. The van der Waals surface area contributed by atoms with Crippen LogP contribution in [0.3, 0.4) is 0 Å². The van der Waals surface area contributed by atoms with Crippen LogP contribution in [0.25, 0.3) is 6.08 Å². The van der Waals surface area contributed by atoms with E-state index in [4.69, 9.17) is 27.9 Å². The molecule has 11 nitrogen and oxygen atoms in total. The molecule has 0 aliphatic heterocycles.